The summed E-state index contributed by atoms with van der Waals surface area (Å²) in [5.74, 6) is 0.634. The average Bonchev–Trinajstić information content (AvgIpc) is 3.32. The van der Waals surface area contributed by atoms with E-state index in [0.717, 1.165) is 41.3 Å². The van der Waals surface area contributed by atoms with Crippen LogP contribution in [-0.2, 0) is 13.6 Å². The number of amides is 1. The van der Waals surface area contributed by atoms with Gasteiger partial charge in [0.1, 0.15) is 11.9 Å². The third-order valence-electron chi connectivity index (χ3n) is 6.01. The molecule has 154 valence electrons. The summed E-state index contributed by atoms with van der Waals surface area (Å²) in [6.45, 7) is 2.23. The fraction of sp³-hybridized carbons (Fsp3) is 0.304. The fourth-order valence-corrected chi connectivity index (χ4v) is 4.56. The molecule has 0 bridgehead atoms. The molecule has 2 aliphatic rings. The first-order chi connectivity index (χ1) is 14.5. The van der Waals surface area contributed by atoms with Gasteiger partial charge in [0.2, 0.25) is 0 Å². The summed E-state index contributed by atoms with van der Waals surface area (Å²) in [4.78, 5) is 17.3. The summed E-state index contributed by atoms with van der Waals surface area (Å²) in [7, 11) is 3.76. The number of carbonyl (C=O) groups is 1. The summed E-state index contributed by atoms with van der Waals surface area (Å²) in [6, 6.07) is 13.7. The Kier molecular flexibility index (Phi) is 4.76. The van der Waals surface area contributed by atoms with Gasteiger partial charge < -0.3 is 9.64 Å². The number of halogens is 1. The third kappa shape index (κ3) is 3.36. The molecule has 7 heteroatoms. The van der Waals surface area contributed by atoms with Crippen LogP contribution in [0.15, 0.2) is 54.9 Å². The van der Waals surface area contributed by atoms with E-state index in [1.807, 2.05) is 73.9 Å². The first kappa shape index (κ1) is 19.2. The molecular formula is C23H23ClN4O2. The topological polar surface area (TPSA) is 50.6 Å². The zero-order valence-corrected chi connectivity index (χ0v) is 17.7. The van der Waals surface area contributed by atoms with Gasteiger partial charge >= 0.3 is 0 Å². The molecule has 1 saturated heterocycles. The molecular weight excluding hydrogens is 400 g/mol. The van der Waals surface area contributed by atoms with Gasteiger partial charge in [-0.15, -0.1) is 0 Å². The molecule has 3 heterocycles. The molecule has 0 unspecified atom stereocenters. The number of benzene rings is 2. The van der Waals surface area contributed by atoms with E-state index < -0.39 is 0 Å². The summed E-state index contributed by atoms with van der Waals surface area (Å²) < 4.78 is 8.19. The molecule has 2 aliphatic heterocycles. The van der Waals surface area contributed by atoms with Crippen molar-refractivity contribution in [3.63, 3.8) is 0 Å². The van der Waals surface area contributed by atoms with Gasteiger partial charge in [0.05, 0.1) is 17.8 Å². The Morgan fingerprint density at radius 3 is 2.73 bits per heavy atom. The standard InChI is InChI=1S/C23H23ClN4O2/c1-26-11-17(10-25-26)15-7-8-18-21(9-15)30-22-14-28(13-20(22)27(2)23(18)29)12-16-5-3-4-6-19(16)24/h3-11,20,22H,12-14H2,1-2H3/t20-,22+/m1/s1. The Morgan fingerprint density at radius 1 is 1.13 bits per heavy atom. The quantitative estimate of drug-likeness (QED) is 0.648. The highest BCUT2D eigenvalue weighted by Crippen LogP contribution is 2.34. The second kappa shape index (κ2) is 7.45. The van der Waals surface area contributed by atoms with Crippen LogP contribution in [0.4, 0.5) is 0 Å². The third-order valence-corrected chi connectivity index (χ3v) is 6.38. The van der Waals surface area contributed by atoms with Gasteiger partial charge in [-0.05, 0) is 29.3 Å². The number of ether oxygens (including phenoxy) is 1. The Labute approximate surface area is 180 Å². The Hall–Kier alpha value is -2.83. The fourth-order valence-electron chi connectivity index (χ4n) is 4.37. The first-order valence-corrected chi connectivity index (χ1v) is 10.4. The van der Waals surface area contributed by atoms with Crippen molar-refractivity contribution in [1.82, 2.24) is 19.6 Å². The zero-order valence-electron chi connectivity index (χ0n) is 17.0. The lowest BCUT2D eigenvalue weighted by molar-refractivity contribution is 0.0682. The van der Waals surface area contributed by atoms with Gasteiger partial charge in [0.25, 0.3) is 5.91 Å². The van der Waals surface area contributed by atoms with E-state index in [4.69, 9.17) is 16.3 Å². The SMILES string of the molecule is CN1C(=O)c2ccc(-c3cnn(C)c3)cc2O[C@H]2CN(Cc3ccccc3Cl)C[C@H]21. The predicted molar refractivity (Wildman–Crippen MR) is 116 cm³/mol. The van der Waals surface area contributed by atoms with Gasteiger partial charge in [0.15, 0.2) is 0 Å². The van der Waals surface area contributed by atoms with Crippen molar-refractivity contribution < 1.29 is 9.53 Å². The summed E-state index contributed by atoms with van der Waals surface area (Å²) in [5.41, 5.74) is 3.68. The average molecular weight is 423 g/mol. The smallest absolute Gasteiger partial charge is 0.257 e. The lowest BCUT2D eigenvalue weighted by atomic mass is 10.1. The van der Waals surface area contributed by atoms with Crippen LogP contribution in [0, 0.1) is 0 Å². The largest absolute Gasteiger partial charge is 0.486 e. The highest BCUT2D eigenvalue weighted by Gasteiger charge is 2.42. The number of rotatable bonds is 3. The van der Waals surface area contributed by atoms with E-state index in [9.17, 15) is 4.79 Å². The molecule has 0 saturated carbocycles. The van der Waals surface area contributed by atoms with Gasteiger partial charge in [-0.2, -0.15) is 5.10 Å². The number of fused-ring (bicyclic) bond motifs is 2. The number of hydrogen-bond acceptors (Lipinski definition) is 4. The summed E-state index contributed by atoms with van der Waals surface area (Å²) in [5, 5.41) is 5.01. The maximum atomic E-state index is 13.1. The van der Waals surface area contributed by atoms with Crippen LogP contribution in [0.3, 0.4) is 0 Å². The highest BCUT2D eigenvalue weighted by molar-refractivity contribution is 6.31. The number of likely N-dealkylation sites (tertiary alicyclic amines) is 1. The van der Waals surface area contributed by atoms with E-state index in [-0.39, 0.29) is 18.1 Å². The van der Waals surface area contributed by atoms with Crippen molar-refractivity contribution >= 4 is 17.5 Å². The minimum atomic E-state index is -0.0909. The lowest BCUT2D eigenvalue weighted by Gasteiger charge is -2.25. The summed E-state index contributed by atoms with van der Waals surface area (Å²) in [6.07, 6.45) is 3.68. The van der Waals surface area contributed by atoms with Crippen LogP contribution in [-0.4, -0.2) is 57.8 Å². The molecule has 1 fully saturated rings. The Morgan fingerprint density at radius 2 is 1.97 bits per heavy atom. The van der Waals surface area contributed by atoms with Gasteiger partial charge in [0, 0.05) is 50.5 Å². The molecule has 30 heavy (non-hydrogen) atoms. The van der Waals surface area contributed by atoms with Crippen molar-refractivity contribution in [2.24, 2.45) is 7.05 Å². The normalized spacial score (nSPS) is 21.2. The predicted octanol–water partition coefficient (Wildman–Crippen LogP) is 3.46. The maximum Gasteiger partial charge on any atom is 0.257 e. The van der Waals surface area contributed by atoms with Crippen molar-refractivity contribution in [3.05, 3.63) is 71.0 Å². The van der Waals surface area contributed by atoms with Gasteiger partial charge in [-0.3, -0.25) is 14.4 Å². The van der Waals surface area contributed by atoms with Crippen LogP contribution in [0.2, 0.25) is 5.02 Å². The molecule has 0 spiro atoms. The number of aromatic nitrogens is 2. The van der Waals surface area contributed by atoms with E-state index in [2.05, 4.69) is 10.00 Å². The van der Waals surface area contributed by atoms with E-state index in [1.54, 1.807) is 4.68 Å². The maximum absolute atomic E-state index is 13.1. The number of hydrogen-bond donors (Lipinski definition) is 0. The molecule has 2 atom stereocenters. The molecule has 1 amide bonds. The molecule has 6 nitrogen and oxygen atoms in total. The van der Waals surface area contributed by atoms with Crippen LogP contribution >= 0.6 is 11.6 Å². The van der Waals surface area contributed by atoms with Crippen molar-refractivity contribution in [2.75, 3.05) is 20.1 Å². The van der Waals surface area contributed by atoms with Crippen LogP contribution in [0.5, 0.6) is 5.75 Å². The number of likely N-dealkylation sites (N-methyl/N-ethyl adjacent to an activating group) is 1. The second-order valence-corrected chi connectivity index (χ2v) is 8.45. The van der Waals surface area contributed by atoms with E-state index >= 15 is 0 Å². The molecule has 0 N–H and O–H groups in total. The second-order valence-electron chi connectivity index (χ2n) is 8.04. The van der Waals surface area contributed by atoms with Crippen LogP contribution < -0.4 is 4.74 Å². The monoisotopic (exact) mass is 422 g/mol. The Balaban J connectivity index is 1.42. The molecule has 0 aliphatic carbocycles. The van der Waals surface area contributed by atoms with E-state index in [0.29, 0.717) is 11.3 Å². The van der Waals surface area contributed by atoms with Crippen LogP contribution in [0.1, 0.15) is 15.9 Å². The van der Waals surface area contributed by atoms with Crippen molar-refractivity contribution in [2.45, 2.75) is 18.7 Å². The Bertz CT molecular complexity index is 1110. The first-order valence-electron chi connectivity index (χ1n) is 10.0. The van der Waals surface area contributed by atoms with Crippen molar-refractivity contribution in [1.29, 1.82) is 0 Å². The molecule has 1 aromatic heterocycles. The molecule has 0 radical (unpaired) electrons. The van der Waals surface area contributed by atoms with Gasteiger partial charge in [-0.25, -0.2) is 0 Å². The number of nitrogens with zero attached hydrogens (tertiary/aromatic N) is 4. The zero-order chi connectivity index (χ0) is 20.8. The minimum Gasteiger partial charge on any atom is -0.486 e. The van der Waals surface area contributed by atoms with Crippen LogP contribution in [0.25, 0.3) is 11.1 Å². The molecule has 2 aromatic carbocycles. The van der Waals surface area contributed by atoms with E-state index in [1.165, 1.54) is 0 Å². The molecule has 3 aromatic rings. The minimum absolute atomic E-state index is 0.00479. The highest BCUT2D eigenvalue weighted by atomic mass is 35.5. The summed E-state index contributed by atoms with van der Waals surface area (Å²) >= 11 is 6.35. The molecule has 5 rings (SSSR count). The number of aryl methyl sites for hydroxylation is 1. The van der Waals surface area contributed by atoms with Crippen molar-refractivity contribution in [3.8, 4) is 16.9 Å². The number of carbonyl (C=O) groups excluding carboxylic acids is 1. The lowest BCUT2D eigenvalue weighted by Crippen LogP contribution is -2.44. The van der Waals surface area contributed by atoms with Gasteiger partial charge in [-0.1, -0.05) is 35.9 Å².